The van der Waals surface area contributed by atoms with Crippen molar-refractivity contribution in [1.29, 1.82) is 5.26 Å². The second kappa shape index (κ2) is 6.01. The molecule has 0 unspecified atom stereocenters. The standard InChI is InChI=1S/C19H20N2/c1-15-5-7-16(8-6-15)17-9-10-18(14-20)19(13-17)21-11-3-2-4-12-21/h5-10,13H,2-4,11-12H2,1H3. The van der Waals surface area contributed by atoms with Gasteiger partial charge in [0.1, 0.15) is 6.07 Å². The van der Waals surface area contributed by atoms with Crippen molar-refractivity contribution in [3.63, 3.8) is 0 Å². The van der Waals surface area contributed by atoms with Crippen LogP contribution in [0.4, 0.5) is 5.69 Å². The monoisotopic (exact) mass is 276 g/mol. The third-order valence-corrected chi connectivity index (χ3v) is 4.20. The number of rotatable bonds is 2. The van der Waals surface area contributed by atoms with Gasteiger partial charge in [-0.25, -0.2) is 0 Å². The van der Waals surface area contributed by atoms with Gasteiger partial charge in [-0.2, -0.15) is 5.26 Å². The molecule has 3 rings (SSSR count). The summed E-state index contributed by atoms with van der Waals surface area (Å²) in [6.45, 7) is 4.22. The van der Waals surface area contributed by atoms with Crippen molar-refractivity contribution in [2.24, 2.45) is 0 Å². The van der Waals surface area contributed by atoms with E-state index in [1.54, 1.807) is 0 Å². The van der Waals surface area contributed by atoms with Gasteiger partial charge in [0.2, 0.25) is 0 Å². The lowest BCUT2D eigenvalue weighted by Crippen LogP contribution is -2.30. The lowest BCUT2D eigenvalue weighted by Gasteiger charge is -2.30. The van der Waals surface area contributed by atoms with Gasteiger partial charge in [-0.05, 0) is 49.4 Å². The molecule has 1 aliphatic heterocycles. The molecule has 2 nitrogen and oxygen atoms in total. The number of hydrogen-bond donors (Lipinski definition) is 0. The fourth-order valence-electron chi connectivity index (χ4n) is 2.95. The zero-order chi connectivity index (χ0) is 14.7. The first kappa shape index (κ1) is 13.7. The Morgan fingerprint density at radius 1 is 0.905 bits per heavy atom. The fraction of sp³-hybridized carbons (Fsp3) is 0.316. The molecule has 1 aliphatic rings. The summed E-state index contributed by atoms with van der Waals surface area (Å²) < 4.78 is 0. The van der Waals surface area contributed by atoms with Crippen molar-refractivity contribution in [2.75, 3.05) is 18.0 Å². The van der Waals surface area contributed by atoms with Gasteiger partial charge in [0.15, 0.2) is 0 Å². The highest BCUT2D eigenvalue weighted by Gasteiger charge is 2.15. The number of nitrogens with zero attached hydrogens (tertiary/aromatic N) is 2. The molecule has 0 aromatic heterocycles. The maximum absolute atomic E-state index is 9.37. The molecule has 1 fully saturated rings. The Bertz CT molecular complexity index is 659. The Labute approximate surface area is 126 Å². The normalized spacial score (nSPS) is 14.8. The molecule has 106 valence electrons. The van der Waals surface area contributed by atoms with Crippen LogP contribution in [0.1, 0.15) is 30.4 Å². The molecular weight excluding hydrogens is 256 g/mol. The van der Waals surface area contributed by atoms with Gasteiger partial charge < -0.3 is 4.90 Å². The maximum Gasteiger partial charge on any atom is 0.101 e. The molecule has 0 radical (unpaired) electrons. The number of hydrogen-bond acceptors (Lipinski definition) is 2. The van der Waals surface area contributed by atoms with Gasteiger partial charge in [0, 0.05) is 13.1 Å². The van der Waals surface area contributed by atoms with E-state index >= 15 is 0 Å². The molecule has 2 heteroatoms. The van der Waals surface area contributed by atoms with Crippen molar-refractivity contribution >= 4 is 5.69 Å². The quantitative estimate of drug-likeness (QED) is 0.806. The third-order valence-electron chi connectivity index (χ3n) is 4.20. The minimum atomic E-state index is 0.785. The lowest BCUT2D eigenvalue weighted by molar-refractivity contribution is 0.577. The van der Waals surface area contributed by atoms with Crippen LogP contribution in [0.15, 0.2) is 42.5 Å². The predicted octanol–water partition coefficient (Wildman–Crippen LogP) is 4.52. The first-order valence-corrected chi connectivity index (χ1v) is 7.64. The summed E-state index contributed by atoms with van der Waals surface area (Å²) in [5.74, 6) is 0. The van der Waals surface area contributed by atoms with E-state index in [1.807, 2.05) is 6.07 Å². The molecule has 0 bridgehead atoms. The van der Waals surface area contributed by atoms with E-state index < -0.39 is 0 Å². The van der Waals surface area contributed by atoms with Gasteiger partial charge in [0.25, 0.3) is 0 Å². The minimum absolute atomic E-state index is 0.785. The Morgan fingerprint density at radius 3 is 2.24 bits per heavy atom. The molecule has 0 N–H and O–H groups in total. The fourth-order valence-corrected chi connectivity index (χ4v) is 2.95. The van der Waals surface area contributed by atoms with E-state index in [0.29, 0.717) is 0 Å². The average molecular weight is 276 g/mol. The van der Waals surface area contributed by atoms with E-state index in [4.69, 9.17) is 0 Å². The molecular formula is C19H20N2. The summed E-state index contributed by atoms with van der Waals surface area (Å²) in [4.78, 5) is 2.36. The SMILES string of the molecule is Cc1ccc(-c2ccc(C#N)c(N3CCCCC3)c2)cc1. The van der Waals surface area contributed by atoms with Crippen molar-refractivity contribution in [2.45, 2.75) is 26.2 Å². The van der Waals surface area contributed by atoms with Crippen molar-refractivity contribution in [3.05, 3.63) is 53.6 Å². The highest BCUT2D eigenvalue weighted by molar-refractivity contribution is 5.72. The van der Waals surface area contributed by atoms with Gasteiger partial charge in [-0.15, -0.1) is 0 Å². The molecule has 0 aliphatic carbocycles. The van der Waals surface area contributed by atoms with Crippen LogP contribution in [0.2, 0.25) is 0 Å². The number of aryl methyl sites for hydroxylation is 1. The molecule has 0 saturated carbocycles. The summed E-state index contributed by atoms with van der Waals surface area (Å²) in [6, 6.07) is 17.1. The molecule has 0 atom stereocenters. The first-order valence-electron chi connectivity index (χ1n) is 7.64. The van der Waals surface area contributed by atoms with E-state index in [9.17, 15) is 5.26 Å². The second-order valence-corrected chi connectivity index (χ2v) is 5.76. The molecule has 2 aromatic carbocycles. The Morgan fingerprint density at radius 2 is 1.57 bits per heavy atom. The Kier molecular flexibility index (Phi) is 3.92. The van der Waals surface area contributed by atoms with Crippen LogP contribution >= 0.6 is 0 Å². The highest BCUT2D eigenvalue weighted by atomic mass is 15.1. The molecule has 0 amide bonds. The number of piperidine rings is 1. The second-order valence-electron chi connectivity index (χ2n) is 5.76. The Hall–Kier alpha value is -2.27. The summed E-state index contributed by atoms with van der Waals surface area (Å²) in [5.41, 5.74) is 5.55. The van der Waals surface area contributed by atoms with Crippen molar-refractivity contribution < 1.29 is 0 Å². The summed E-state index contributed by atoms with van der Waals surface area (Å²) >= 11 is 0. The third kappa shape index (κ3) is 2.92. The molecule has 0 spiro atoms. The van der Waals surface area contributed by atoms with Crippen molar-refractivity contribution in [3.8, 4) is 17.2 Å². The van der Waals surface area contributed by atoms with Crippen LogP contribution in [0.3, 0.4) is 0 Å². The van der Waals surface area contributed by atoms with Gasteiger partial charge in [0.05, 0.1) is 11.3 Å². The molecule has 21 heavy (non-hydrogen) atoms. The number of anilines is 1. The van der Waals surface area contributed by atoms with Gasteiger partial charge >= 0.3 is 0 Å². The van der Waals surface area contributed by atoms with Crippen LogP contribution in [0.5, 0.6) is 0 Å². The molecule has 1 saturated heterocycles. The largest absolute Gasteiger partial charge is 0.370 e. The predicted molar refractivity (Wildman–Crippen MR) is 87.4 cm³/mol. The summed E-state index contributed by atoms with van der Waals surface area (Å²) in [7, 11) is 0. The van der Waals surface area contributed by atoms with Crippen LogP contribution in [0.25, 0.3) is 11.1 Å². The number of nitriles is 1. The minimum Gasteiger partial charge on any atom is -0.370 e. The average Bonchev–Trinajstić information content (AvgIpc) is 2.56. The van der Waals surface area contributed by atoms with E-state index in [1.165, 1.54) is 36.0 Å². The summed E-state index contributed by atoms with van der Waals surface area (Å²) in [6.07, 6.45) is 3.75. The molecule has 2 aromatic rings. The highest BCUT2D eigenvalue weighted by Crippen LogP contribution is 2.30. The zero-order valence-corrected chi connectivity index (χ0v) is 12.5. The van der Waals surface area contributed by atoms with Crippen LogP contribution in [0, 0.1) is 18.3 Å². The topological polar surface area (TPSA) is 27.0 Å². The maximum atomic E-state index is 9.37. The number of benzene rings is 2. The summed E-state index contributed by atoms with van der Waals surface area (Å²) in [5, 5.41) is 9.37. The van der Waals surface area contributed by atoms with E-state index in [-0.39, 0.29) is 0 Å². The lowest BCUT2D eigenvalue weighted by atomic mass is 10.00. The smallest absolute Gasteiger partial charge is 0.101 e. The van der Waals surface area contributed by atoms with Crippen LogP contribution in [-0.2, 0) is 0 Å². The molecule has 1 heterocycles. The van der Waals surface area contributed by atoms with Gasteiger partial charge in [-0.3, -0.25) is 0 Å². The van der Waals surface area contributed by atoms with Crippen LogP contribution < -0.4 is 4.90 Å². The zero-order valence-electron chi connectivity index (χ0n) is 12.5. The first-order chi connectivity index (χ1) is 10.3. The van der Waals surface area contributed by atoms with E-state index in [0.717, 1.165) is 24.3 Å². The van der Waals surface area contributed by atoms with Crippen LogP contribution in [-0.4, -0.2) is 13.1 Å². The Balaban J connectivity index is 2.00. The van der Waals surface area contributed by atoms with Crippen molar-refractivity contribution in [1.82, 2.24) is 0 Å². The van der Waals surface area contributed by atoms with Gasteiger partial charge in [-0.1, -0.05) is 35.9 Å². The van der Waals surface area contributed by atoms with E-state index in [2.05, 4.69) is 54.3 Å².